The van der Waals surface area contributed by atoms with Crippen LogP contribution < -0.4 is 15.4 Å². The highest BCUT2D eigenvalue weighted by molar-refractivity contribution is 5.94. The lowest BCUT2D eigenvalue weighted by Gasteiger charge is -2.15. The van der Waals surface area contributed by atoms with E-state index in [1.165, 1.54) is 24.3 Å². The molecular weight excluding hydrogens is 463 g/mol. The van der Waals surface area contributed by atoms with Crippen molar-refractivity contribution in [2.45, 2.75) is 39.5 Å². The molecule has 0 heterocycles. The average Bonchev–Trinajstić information content (AvgIpc) is 2.84. The summed E-state index contributed by atoms with van der Waals surface area (Å²) >= 11 is 0. The molecule has 0 radical (unpaired) electrons. The number of benzene rings is 3. The zero-order chi connectivity index (χ0) is 26.1. The zero-order valence-corrected chi connectivity index (χ0v) is 20.5. The second-order valence-electron chi connectivity index (χ2n) is 8.59. The summed E-state index contributed by atoms with van der Waals surface area (Å²) in [4.78, 5) is 35.9. The molecular formula is C28H29FN2O5. The number of anilines is 2. The molecule has 0 saturated heterocycles. The van der Waals surface area contributed by atoms with Crippen molar-refractivity contribution in [2.24, 2.45) is 0 Å². The van der Waals surface area contributed by atoms with Gasteiger partial charge in [0.25, 0.3) is 5.91 Å². The molecule has 0 aliphatic rings. The van der Waals surface area contributed by atoms with Gasteiger partial charge in [0.15, 0.2) is 6.61 Å². The van der Waals surface area contributed by atoms with E-state index in [0.29, 0.717) is 23.0 Å². The van der Waals surface area contributed by atoms with E-state index in [-0.39, 0.29) is 18.7 Å². The monoisotopic (exact) mass is 492 g/mol. The van der Waals surface area contributed by atoms with Crippen LogP contribution in [-0.4, -0.2) is 24.4 Å². The van der Waals surface area contributed by atoms with Gasteiger partial charge in [0.2, 0.25) is 5.91 Å². The third-order valence-electron chi connectivity index (χ3n) is 5.21. The lowest BCUT2D eigenvalue weighted by molar-refractivity contribution is -0.147. The van der Waals surface area contributed by atoms with Gasteiger partial charge in [0.1, 0.15) is 17.3 Å². The predicted octanol–water partition coefficient (Wildman–Crippen LogP) is 5.95. The lowest BCUT2D eigenvalue weighted by Crippen LogP contribution is -2.21. The molecule has 0 fully saturated rings. The molecule has 8 heteroatoms. The molecule has 0 spiro atoms. The second-order valence-corrected chi connectivity index (χ2v) is 8.59. The van der Waals surface area contributed by atoms with Gasteiger partial charge >= 0.3 is 5.97 Å². The SMILES string of the molecule is Cc1ccc(C(C)C)c(Oc2ccc(NC(=O)CCC(=O)OCC(=O)Nc3ccc(F)cc3)cc2)c1. The van der Waals surface area contributed by atoms with Crippen molar-refractivity contribution in [3.05, 3.63) is 83.7 Å². The number of aryl methyl sites for hydroxylation is 1. The number of hydrogen-bond donors (Lipinski definition) is 2. The third kappa shape index (κ3) is 8.23. The molecule has 0 unspecified atom stereocenters. The summed E-state index contributed by atoms with van der Waals surface area (Å²) in [5.74, 6) is -0.276. The summed E-state index contributed by atoms with van der Waals surface area (Å²) in [7, 11) is 0. The topological polar surface area (TPSA) is 93.7 Å². The molecule has 36 heavy (non-hydrogen) atoms. The first-order valence-electron chi connectivity index (χ1n) is 11.6. The van der Waals surface area contributed by atoms with Gasteiger partial charge in [0.05, 0.1) is 6.42 Å². The van der Waals surface area contributed by atoms with Crippen LogP contribution in [0.1, 0.15) is 43.7 Å². The van der Waals surface area contributed by atoms with Gasteiger partial charge in [-0.3, -0.25) is 14.4 Å². The molecule has 2 N–H and O–H groups in total. The van der Waals surface area contributed by atoms with Gasteiger partial charge in [-0.1, -0.05) is 26.0 Å². The number of nitrogens with one attached hydrogen (secondary N) is 2. The number of rotatable bonds is 10. The summed E-state index contributed by atoms with van der Waals surface area (Å²) in [6.07, 6.45) is -0.278. The molecule has 3 aromatic rings. The van der Waals surface area contributed by atoms with Crippen molar-refractivity contribution < 1.29 is 28.2 Å². The molecule has 0 saturated carbocycles. The second kappa shape index (κ2) is 12.5. The van der Waals surface area contributed by atoms with Crippen LogP contribution in [0.4, 0.5) is 15.8 Å². The first kappa shape index (κ1) is 26.4. The van der Waals surface area contributed by atoms with Crippen molar-refractivity contribution in [1.29, 1.82) is 0 Å². The van der Waals surface area contributed by atoms with E-state index in [2.05, 4.69) is 36.6 Å². The highest BCUT2D eigenvalue weighted by atomic mass is 19.1. The maximum Gasteiger partial charge on any atom is 0.306 e. The molecule has 3 aromatic carbocycles. The Kier molecular flexibility index (Phi) is 9.16. The Bertz CT molecular complexity index is 1210. The Labute approximate surface area is 209 Å². The molecule has 188 valence electrons. The van der Waals surface area contributed by atoms with Crippen molar-refractivity contribution in [2.75, 3.05) is 17.2 Å². The van der Waals surface area contributed by atoms with Crippen molar-refractivity contribution >= 4 is 29.2 Å². The van der Waals surface area contributed by atoms with Crippen LogP contribution in [0.15, 0.2) is 66.7 Å². The summed E-state index contributed by atoms with van der Waals surface area (Å²) in [5, 5.41) is 5.20. The molecule has 0 atom stereocenters. The van der Waals surface area contributed by atoms with Crippen LogP contribution in [0.3, 0.4) is 0 Å². The minimum Gasteiger partial charge on any atom is -0.457 e. The Morgan fingerprint density at radius 2 is 1.44 bits per heavy atom. The third-order valence-corrected chi connectivity index (χ3v) is 5.21. The number of carbonyl (C=O) groups is 3. The van der Waals surface area contributed by atoms with Gasteiger partial charge in [-0.2, -0.15) is 0 Å². The molecule has 7 nitrogen and oxygen atoms in total. The number of halogens is 1. The fourth-order valence-corrected chi connectivity index (χ4v) is 3.33. The van der Waals surface area contributed by atoms with Crippen LogP contribution in [0.5, 0.6) is 11.5 Å². The number of amides is 2. The molecule has 3 rings (SSSR count). The zero-order valence-electron chi connectivity index (χ0n) is 20.5. The van der Waals surface area contributed by atoms with Crippen LogP contribution in [-0.2, 0) is 19.1 Å². The van der Waals surface area contributed by atoms with E-state index in [4.69, 9.17) is 9.47 Å². The van der Waals surface area contributed by atoms with Crippen LogP contribution in [0.2, 0.25) is 0 Å². The Balaban J connectivity index is 1.41. The molecule has 2 amide bonds. The summed E-state index contributed by atoms with van der Waals surface area (Å²) in [5.41, 5.74) is 3.16. The standard InChI is InChI=1S/C28H29FN2O5/c1-18(2)24-13-4-19(3)16-25(24)36-23-11-9-22(10-12-23)30-26(32)14-15-28(34)35-17-27(33)31-21-7-5-20(29)6-8-21/h4-13,16,18H,14-15,17H2,1-3H3,(H,30,32)(H,31,33). The summed E-state index contributed by atoms with van der Waals surface area (Å²) in [6, 6.07) is 18.3. The Morgan fingerprint density at radius 1 is 0.833 bits per heavy atom. The summed E-state index contributed by atoms with van der Waals surface area (Å²) < 4.78 is 23.8. The molecule has 0 aromatic heterocycles. The van der Waals surface area contributed by atoms with Crippen LogP contribution in [0, 0.1) is 12.7 Å². The highest BCUT2D eigenvalue weighted by Gasteiger charge is 2.12. The lowest BCUT2D eigenvalue weighted by atomic mass is 10.0. The first-order chi connectivity index (χ1) is 17.2. The smallest absolute Gasteiger partial charge is 0.306 e. The Hall–Kier alpha value is -4.20. The van der Waals surface area contributed by atoms with Crippen LogP contribution in [0.25, 0.3) is 0 Å². The van der Waals surface area contributed by atoms with E-state index >= 15 is 0 Å². The average molecular weight is 493 g/mol. The van der Waals surface area contributed by atoms with Gasteiger partial charge in [-0.25, -0.2) is 4.39 Å². The van der Waals surface area contributed by atoms with Crippen molar-refractivity contribution in [1.82, 2.24) is 0 Å². The minimum atomic E-state index is -0.678. The fourth-order valence-electron chi connectivity index (χ4n) is 3.33. The van der Waals surface area contributed by atoms with Crippen molar-refractivity contribution in [3.8, 4) is 11.5 Å². The number of esters is 1. The normalized spacial score (nSPS) is 10.6. The molecule has 0 aliphatic heterocycles. The largest absolute Gasteiger partial charge is 0.457 e. The maximum atomic E-state index is 12.9. The number of hydrogen-bond acceptors (Lipinski definition) is 5. The number of carbonyl (C=O) groups excluding carboxylic acids is 3. The predicted molar refractivity (Wildman–Crippen MR) is 136 cm³/mol. The fraction of sp³-hybridized carbons (Fsp3) is 0.250. The van der Waals surface area contributed by atoms with E-state index in [9.17, 15) is 18.8 Å². The molecule has 0 aliphatic carbocycles. The van der Waals surface area contributed by atoms with E-state index < -0.39 is 24.3 Å². The van der Waals surface area contributed by atoms with Gasteiger partial charge in [0, 0.05) is 17.8 Å². The minimum absolute atomic E-state index is 0.0995. The van der Waals surface area contributed by atoms with Crippen LogP contribution >= 0.6 is 0 Å². The number of ether oxygens (including phenoxy) is 2. The molecule has 0 bridgehead atoms. The first-order valence-corrected chi connectivity index (χ1v) is 11.6. The highest BCUT2D eigenvalue weighted by Crippen LogP contribution is 2.32. The van der Waals surface area contributed by atoms with Gasteiger partial charge in [-0.15, -0.1) is 0 Å². The van der Waals surface area contributed by atoms with E-state index in [1.807, 2.05) is 13.0 Å². The van der Waals surface area contributed by atoms with Crippen molar-refractivity contribution in [3.63, 3.8) is 0 Å². The maximum absolute atomic E-state index is 12.9. The van der Waals surface area contributed by atoms with Gasteiger partial charge < -0.3 is 20.1 Å². The summed E-state index contributed by atoms with van der Waals surface area (Å²) in [6.45, 7) is 5.72. The van der Waals surface area contributed by atoms with Gasteiger partial charge in [-0.05, 0) is 78.6 Å². The van der Waals surface area contributed by atoms with E-state index in [1.54, 1.807) is 24.3 Å². The quantitative estimate of drug-likeness (QED) is 0.341. The Morgan fingerprint density at radius 3 is 2.08 bits per heavy atom. The van der Waals surface area contributed by atoms with E-state index in [0.717, 1.165) is 16.9 Å².